The molecule has 1 atom stereocenters. The van der Waals surface area contributed by atoms with Crippen LogP contribution in [-0.4, -0.2) is 39.0 Å². The van der Waals surface area contributed by atoms with Crippen LogP contribution in [0.3, 0.4) is 0 Å². The Hall–Kier alpha value is -1.64. The lowest BCUT2D eigenvalue weighted by Gasteiger charge is -2.38. The summed E-state index contributed by atoms with van der Waals surface area (Å²) in [7, 11) is -1.79. The number of hydrogen-bond donors (Lipinski definition) is 0. The molecule has 0 N–H and O–H groups in total. The Bertz CT molecular complexity index is 715. The van der Waals surface area contributed by atoms with Crippen molar-refractivity contribution in [3.05, 3.63) is 28.8 Å². The number of hydrogen-bond acceptors (Lipinski definition) is 3. The molecule has 0 saturated carbocycles. The zero-order chi connectivity index (χ0) is 20.6. The van der Waals surface area contributed by atoms with E-state index in [1.54, 1.807) is 0 Å². The summed E-state index contributed by atoms with van der Waals surface area (Å²) in [5.74, 6) is -3.43. The highest BCUT2D eigenvalue weighted by Crippen LogP contribution is 2.38. The van der Waals surface area contributed by atoms with Crippen LogP contribution in [0, 0.1) is 11.6 Å². The Kier molecular flexibility index (Phi) is 6.23. The number of halogens is 5. The van der Waals surface area contributed by atoms with Crippen LogP contribution in [0.15, 0.2) is 6.07 Å². The first-order valence-electron chi connectivity index (χ1n) is 8.88. The third-order valence-electron chi connectivity index (χ3n) is 4.41. The molecule has 1 aliphatic rings. The number of alkyl halides is 3. The molecule has 0 radical (unpaired) electrons. The van der Waals surface area contributed by atoms with Gasteiger partial charge in [-0.1, -0.05) is 26.6 Å². The third kappa shape index (κ3) is 4.80. The molecule has 0 aromatic heterocycles. The van der Waals surface area contributed by atoms with E-state index in [0.717, 1.165) is 11.0 Å². The minimum atomic E-state index is -4.52. The van der Waals surface area contributed by atoms with Gasteiger partial charge in [-0.05, 0) is 25.3 Å². The SMILES string of the molecule is CC[C@@H](N1CCCc2c1cc(F)c(C(=O)OC[Si](C)(C)C)c2F)C(F)(F)F. The highest BCUT2D eigenvalue weighted by molar-refractivity contribution is 6.76. The maximum absolute atomic E-state index is 14.9. The molecule has 152 valence electrons. The summed E-state index contributed by atoms with van der Waals surface area (Å²) in [6.07, 6.45) is -4.25. The molecule has 9 heteroatoms. The second kappa shape index (κ2) is 7.77. The van der Waals surface area contributed by atoms with E-state index in [2.05, 4.69) is 0 Å². The number of ether oxygens (including phenoxy) is 1. The average Bonchev–Trinajstić information content (AvgIpc) is 2.52. The quantitative estimate of drug-likeness (QED) is 0.385. The van der Waals surface area contributed by atoms with Crippen molar-refractivity contribution in [1.82, 2.24) is 0 Å². The Morgan fingerprint density at radius 1 is 1.30 bits per heavy atom. The van der Waals surface area contributed by atoms with E-state index in [1.807, 2.05) is 19.6 Å². The highest BCUT2D eigenvalue weighted by atomic mass is 28.3. The highest BCUT2D eigenvalue weighted by Gasteiger charge is 2.44. The lowest BCUT2D eigenvalue weighted by atomic mass is 9.95. The molecule has 0 saturated heterocycles. The Morgan fingerprint density at radius 2 is 1.93 bits per heavy atom. The molecule has 1 heterocycles. The van der Waals surface area contributed by atoms with Crippen molar-refractivity contribution >= 4 is 19.7 Å². The second-order valence-corrected chi connectivity index (χ2v) is 13.4. The van der Waals surface area contributed by atoms with Crippen molar-refractivity contribution in [2.75, 3.05) is 17.7 Å². The molecule has 0 unspecified atom stereocenters. The van der Waals surface area contributed by atoms with Crippen LogP contribution in [0.25, 0.3) is 0 Å². The van der Waals surface area contributed by atoms with Crippen molar-refractivity contribution < 1.29 is 31.5 Å². The summed E-state index contributed by atoms with van der Waals surface area (Å²) in [4.78, 5) is 13.2. The number of benzene rings is 1. The van der Waals surface area contributed by atoms with Gasteiger partial charge >= 0.3 is 12.1 Å². The molecule has 0 bridgehead atoms. The fourth-order valence-corrected chi connectivity index (χ4v) is 3.75. The van der Waals surface area contributed by atoms with Crippen molar-refractivity contribution in [1.29, 1.82) is 0 Å². The van der Waals surface area contributed by atoms with E-state index in [0.29, 0.717) is 0 Å². The van der Waals surface area contributed by atoms with Gasteiger partial charge in [-0.25, -0.2) is 13.6 Å². The molecule has 1 aromatic carbocycles. The fraction of sp³-hybridized carbons (Fsp3) is 0.611. The van der Waals surface area contributed by atoms with Crippen LogP contribution in [0.2, 0.25) is 19.6 Å². The first kappa shape index (κ1) is 21.7. The number of anilines is 1. The normalized spacial score (nSPS) is 16.1. The smallest absolute Gasteiger partial charge is 0.408 e. The molecular weight excluding hydrogens is 385 g/mol. The minimum Gasteiger partial charge on any atom is -0.466 e. The van der Waals surface area contributed by atoms with Gasteiger partial charge in [0.1, 0.15) is 23.2 Å². The van der Waals surface area contributed by atoms with Gasteiger partial charge in [0.25, 0.3) is 0 Å². The standard InChI is InChI=1S/C18H24F5NO2Si/c1-5-14(18(21,22)23)24-8-6-7-11-13(24)9-12(19)15(16(11)20)17(25)26-10-27(2,3)4/h9,14H,5-8,10H2,1-4H3/t14-/m1/s1. The molecule has 27 heavy (non-hydrogen) atoms. The molecule has 3 nitrogen and oxygen atoms in total. The van der Waals surface area contributed by atoms with Gasteiger partial charge in [0, 0.05) is 17.8 Å². The van der Waals surface area contributed by atoms with E-state index in [4.69, 9.17) is 4.74 Å². The first-order chi connectivity index (χ1) is 12.4. The molecule has 1 aliphatic heterocycles. The summed E-state index contributed by atoms with van der Waals surface area (Å²) < 4.78 is 74.4. The predicted molar refractivity (Wildman–Crippen MR) is 95.8 cm³/mol. The number of carbonyl (C=O) groups excluding carboxylic acids is 1. The minimum absolute atomic E-state index is 0.0450. The van der Waals surface area contributed by atoms with Crippen LogP contribution in [0.4, 0.5) is 27.6 Å². The number of rotatable bonds is 5. The summed E-state index contributed by atoms with van der Waals surface area (Å²) >= 11 is 0. The monoisotopic (exact) mass is 409 g/mol. The predicted octanol–water partition coefficient (Wildman–Crippen LogP) is 5.09. The van der Waals surface area contributed by atoms with Gasteiger partial charge in [0.05, 0.1) is 14.3 Å². The second-order valence-electron chi connectivity index (χ2n) is 7.94. The van der Waals surface area contributed by atoms with E-state index >= 15 is 0 Å². The molecule has 0 fully saturated rings. The lowest BCUT2D eigenvalue weighted by Crippen LogP contribution is -2.48. The maximum Gasteiger partial charge on any atom is 0.408 e. The zero-order valence-electron chi connectivity index (χ0n) is 15.8. The van der Waals surface area contributed by atoms with Gasteiger partial charge in [0.15, 0.2) is 0 Å². The van der Waals surface area contributed by atoms with Crippen molar-refractivity contribution in [3.63, 3.8) is 0 Å². The summed E-state index contributed by atoms with van der Waals surface area (Å²) in [6.45, 7) is 7.21. The van der Waals surface area contributed by atoms with Crippen LogP contribution in [0.5, 0.6) is 0 Å². The van der Waals surface area contributed by atoms with Gasteiger partial charge in [0.2, 0.25) is 0 Å². The molecule has 0 amide bonds. The van der Waals surface area contributed by atoms with E-state index in [1.165, 1.54) is 6.92 Å². The number of fused-ring (bicyclic) bond motifs is 1. The lowest BCUT2D eigenvalue weighted by molar-refractivity contribution is -0.149. The first-order valence-corrected chi connectivity index (χ1v) is 12.6. The summed E-state index contributed by atoms with van der Waals surface area (Å²) in [5, 5.41) is 0. The van der Waals surface area contributed by atoms with Crippen molar-refractivity contribution in [2.24, 2.45) is 0 Å². The van der Waals surface area contributed by atoms with Crippen LogP contribution in [0.1, 0.15) is 35.7 Å². The molecular formula is C18H24F5NO2Si. The molecule has 2 rings (SSSR count). The maximum atomic E-state index is 14.9. The van der Waals surface area contributed by atoms with Crippen molar-refractivity contribution in [3.8, 4) is 0 Å². The Labute approximate surface area is 156 Å². The van der Waals surface area contributed by atoms with Gasteiger partial charge in [-0.2, -0.15) is 13.2 Å². The number of carbonyl (C=O) groups is 1. The van der Waals surface area contributed by atoms with Crippen LogP contribution >= 0.6 is 0 Å². The van der Waals surface area contributed by atoms with Crippen LogP contribution in [-0.2, 0) is 11.2 Å². The van der Waals surface area contributed by atoms with E-state index in [9.17, 15) is 26.7 Å². The fourth-order valence-electron chi connectivity index (χ4n) is 3.18. The number of nitrogens with zero attached hydrogens (tertiary/aromatic N) is 1. The summed E-state index contributed by atoms with van der Waals surface area (Å²) in [5.41, 5.74) is -1.03. The topological polar surface area (TPSA) is 29.5 Å². The van der Waals surface area contributed by atoms with E-state index in [-0.39, 0.29) is 43.3 Å². The number of esters is 1. The van der Waals surface area contributed by atoms with Gasteiger partial charge in [-0.3, -0.25) is 0 Å². The zero-order valence-corrected chi connectivity index (χ0v) is 16.8. The van der Waals surface area contributed by atoms with E-state index < -0.39 is 43.5 Å². The van der Waals surface area contributed by atoms with Crippen molar-refractivity contribution in [2.45, 2.75) is 58.0 Å². The molecule has 0 spiro atoms. The summed E-state index contributed by atoms with van der Waals surface area (Å²) in [6, 6.07) is -1.00. The largest absolute Gasteiger partial charge is 0.466 e. The Morgan fingerprint density at radius 3 is 2.44 bits per heavy atom. The van der Waals surface area contributed by atoms with Crippen LogP contribution < -0.4 is 4.90 Å². The average molecular weight is 409 g/mol. The van der Waals surface area contributed by atoms with Gasteiger partial charge < -0.3 is 9.64 Å². The molecule has 0 aliphatic carbocycles. The van der Waals surface area contributed by atoms with Gasteiger partial charge in [-0.15, -0.1) is 0 Å². The molecule has 1 aromatic rings. The Balaban J connectivity index is 2.44. The third-order valence-corrected chi connectivity index (χ3v) is 5.42.